The standard InChI is InChI=1S/C27H32N4O2/c32-26-24-20-7-8-21(10-9-20)25(24)27(33)31(26)14-4-3-13-29-15-17-30(18-16-29)23-12-11-19-5-1-2-6-22(19)28-23/h1-2,5-8,11-12,20-21,24-25H,3-4,9-10,13-18H2/t20-,21+,24-,25+. The van der Waals surface area contributed by atoms with Crippen LogP contribution in [0.3, 0.4) is 0 Å². The topological polar surface area (TPSA) is 56.8 Å². The molecule has 0 spiro atoms. The van der Waals surface area contributed by atoms with Crippen LogP contribution in [0.4, 0.5) is 5.82 Å². The number of nitrogens with zero attached hydrogens (tertiary/aromatic N) is 4. The molecule has 2 aromatic rings. The summed E-state index contributed by atoms with van der Waals surface area (Å²) < 4.78 is 0. The highest BCUT2D eigenvalue weighted by Gasteiger charge is 2.56. The zero-order chi connectivity index (χ0) is 22.4. The monoisotopic (exact) mass is 444 g/mol. The van der Waals surface area contributed by atoms with Gasteiger partial charge >= 0.3 is 0 Å². The number of fused-ring (bicyclic) bond motifs is 2. The summed E-state index contributed by atoms with van der Waals surface area (Å²) in [6.45, 7) is 5.62. The highest BCUT2D eigenvalue weighted by Crippen LogP contribution is 2.49. The SMILES string of the molecule is O=C1[C@@H]2[C@H](C(=O)N1CCCCN1CCN(c3ccc4ccccc4n3)CC1)[C@@H]1C=C[C@H]2CC1. The minimum absolute atomic E-state index is 0.0713. The number of para-hydroxylation sites is 1. The molecule has 5 aliphatic rings. The lowest BCUT2D eigenvalue weighted by atomic mass is 9.63. The Kier molecular flexibility index (Phi) is 5.41. The largest absolute Gasteiger partial charge is 0.354 e. The van der Waals surface area contributed by atoms with Gasteiger partial charge in [0.05, 0.1) is 17.4 Å². The van der Waals surface area contributed by atoms with E-state index in [1.54, 1.807) is 4.90 Å². The Balaban J connectivity index is 0.968. The minimum atomic E-state index is -0.0713. The van der Waals surface area contributed by atoms with E-state index in [1.807, 2.05) is 12.1 Å². The number of carbonyl (C=O) groups excluding carboxylic acids is 2. The number of anilines is 1. The van der Waals surface area contributed by atoms with Gasteiger partial charge in [0.25, 0.3) is 0 Å². The molecule has 6 heteroatoms. The van der Waals surface area contributed by atoms with Crippen LogP contribution in [0.1, 0.15) is 25.7 Å². The van der Waals surface area contributed by atoms with E-state index in [1.165, 1.54) is 5.39 Å². The Labute approximate surface area is 195 Å². The summed E-state index contributed by atoms with van der Waals surface area (Å²) in [6.07, 6.45) is 8.43. The number of carbonyl (C=O) groups is 2. The number of amides is 2. The predicted molar refractivity (Wildman–Crippen MR) is 129 cm³/mol. The zero-order valence-corrected chi connectivity index (χ0v) is 19.1. The molecule has 1 aromatic heterocycles. The van der Waals surface area contributed by atoms with Crippen molar-refractivity contribution in [2.45, 2.75) is 25.7 Å². The molecular weight excluding hydrogens is 412 g/mol. The Morgan fingerprint density at radius 1 is 0.788 bits per heavy atom. The third kappa shape index (κ3) is 3.74. The number of likely N-dealkylation sites (tertiary alicyclic amines) is 1. The Hall–Kier alpha value is -2.73. The van der Waals surface area contributed by atoms with Gasteiger partial charge < -0.3 is 4.90 Å². The summed E-state index contributed by atoms with van der Waals surface area (Å²) >= 11 is 0. The second-order valence-electron chi connectivity index (χ2n) is 10.1. The lowest BCUT2D eigenvalue weighted by molar-refractivity contribution is -0.140. The number of imide groups is 1. The highest BCUT2D eigenvalue weighted by atomic mass is 16.2. The van der Waals surface area contributed by atoms with E-state index in [0.29, 0.717) is 6.54 Å². The Bertz CT molecular complexity index is 1060. The number of unbranched alkanes of at least 4 members (excludes halogenated alkanes) is 1. The summed E-state index contributed by atoms with van der Waals surface area (Å²) in [5.74, 6) is 1.69. The van der Waals surface area contributed by atoms with Gasteiger partial charge in [-0.15, -0.1) is 0 Å². The average Bonchev–Trinajstić information content (AvgIpc) is 3.14. The number of allylic oxidation sites excluding steroid dienone is 2. The molecule has 0 radical (unpaired) electrons. The molecular formula is C27H32N4O2. The molecule has 33 heavy (non-hydrogen) atoms. The summed E-state index contributed by atoms with van der Waals surface area (Å²) in [5, 5.41) is 1.18. The van der Waals surface area contributed by atoms with Crippen molar-refractivity contribution in [1.29, 1.82) is 0 Å². The van der Waals surface area contributed by atoms with Gasteiger partial charge in [0.15, 0.2) is 0 Å². The first-order chi connectivity index (χ1) is 16.2. The van der Waals surface area contributed by atoms with E-state index in [9.17, 15) is 9.59 Å². The molecule has 3 heterocycles. The van der Waals surface area contributed by atoms with Crippen LogP contribution in [-0.4, -0.2) is 65.9 Å². The summed E-state index contributed by atoms with van der Waals surface area (Å²) in [5.41, 5.74) is 1.05. The van der Waals surface area contributed by atoms with Gasteiger partial charge in [-0.1, -0.05) is 30.4 Å². The zero-order valence-electron chi connectivity index (χ0n) is 19.1. The van der Waals surface area contributed by atoms with Crippen molar-refractivity contribution in [2.75, 3.05) is 44.2 Å². The van der Waals surface area contributed by atoms with Crippen molar-refractivity contribution in [3.8, 4) is 0 Å². The maximum atomic E-state index is 12.9. The van der Waals surface area contributed by atoms with Crippen molar-refractivity contribution in [3.05, 3.63) is 48.6 Å². The van der Waals surface area contributed by atoms with Crippen LogP contribution < -0.4 is 4.90 Å². The molecule has 3 fully saturated rings. The van der Waals surface area contributed by atoms with Crippen molar-refractivity contribution < 1.29 is 9.59 Å². The number of rotatable bonds is 6. The minimum Gasteiger partial charge on any atom is -0.354 e. The van der Waals surface area contributed by atoms with E-state index in [-0.39, 0.29) is 35.5 Å². The first kappa shape index (κ1) is 20.8. The van der Waals surface area contributed by atoms with Crippen LogP contribution in [0.25, 0.3) is 10.9 Å². The van der Waals surface area contributed by atoms with E-state index < -0.39 is 0 Å². The normalized spacial score (nSPS) is 29.3. The number of piperazine rings is 1. The van der Waals surface area contributed by atoms with Crippen molar-refractivity contribution in [3.63, 3.8) is 0 Å². The van der Waals surface area contributed by atoms with Crippen LogP contribution in [0.5, 0.6) is 0 Å². The van der Waals surface area contributed by atoms with Gasteiger partial charge in [-0.3, -0.25) is 19.4 Å². The molecule has 3 aliphatic carbocycles. The van der Waals surface area contributed by atoms with Gasteiger partial charge in [-0.25, -0.2) is 4.98 Å². The predicted octanol–water partition coefficient (Wildman–Crippen LogP) is 3.33. The fourth-order valence-corrected chi connectivity index (χ4v) is 6.39. The quantitative estimate of drug-likeness (QED) is 0.389. The molecule has 7 rings (SSSR count). The van der Waals surface area contributed by atoms with Crippen LogP contribution in [-0.2, 0) is 9.59 Å². The fraction of sp³-hybridized carbons (Fsp3) is 0.519. The van der Waals surface area contributed by atoms with Crippen molar-refractivity contribution in [2.24, 2.45) is 23.7 Å². The average molecular weight is 445 g/mol. The molecule has 1 aromatic carbocycles. The summed E-state index contributed by atoms with van der Waals surface area (Å²) in [6, 6.07) is 12.5. The molecule has 1 saturated carbocycles. The smallest absolute Gasteiger partial charge is 0.233 e. The molecule has 4 atom stereocenters. The fourth-order valence-electron chi connectivity index (χ4n) is 6.39. The van der Waals surface area contributed by atoms with Gasteiger partial charge in [0.1, 0.15) is 5.82 Å². The second-order valence-corrected chi connectivity index (χ2v) is 10.1. The summed E-state index contributed by atoms with van der Waals surface area (Å²) in [4.78, 5) is 37.2. The first-order valence-electron chi connectivity index (χ1n) is 12.6. The number of hydrogen-bond acceptors (Lipinski definition) is 5. The highest BCUT2D eigenvalue weighted by molar-refractivity contribution is 6.06. The summed E-state index contributed by atoms with van der Waals surface area (Å²) in [7, 11) is 0. The van der Waals surface area contributed by atoms with Gasteiger partial charge in [0.2, 0.25) is 11.8 Å². The Morgan fingerprint density at radius 3 is 2.15 bits per heavy atom. The van der Waals surface area contributed by atoms with Gasteiger partial charge in [0, 0.05) is 38.1 Å². The van der Waals surface area contributed by atoms with E-state index >= 15 is 0 Å². The maximum Gasteiger partial charge on any atom is 0.233 e. The second kappa shape index (κ2) is 8.56. The Morgan fingerprint density at radius 2 is 1.45 bits per heavy atom. The van der Waals surface area contributed by atoms with Crippen LogP contribution in [0.15, 0.2) is 48.6 Å². The first-order valence-corrected chi connectivity index (χ1v) is 12.6. The molecule has 2 aliphatic heterocycles. The van der Waals surface area contributed by atoms with Gasteiger partial charge in [-0.2, -0.15) is 0 Å². The molecule has 0 N–H and O–H groups in total. The maximum absolute atomic E-state index is 12.9. The van der Waals surface area contributed by atoms with Crippen molar-refractivity contribution in [1.82, 2.24) is 14.8 Å². The van der Waals surface area contributed by atoms with E-state index in [4.69, 9.17) is 4.98 Å². The third-order valence-electron chi connectivity index (χ3n) is 8.24. The number of pyridine rings is 1. The van der Waals surface area contributed by atoms with Crippen LogP contribution >= 0.6 is 0 Å². The van der Waals surface area contributed by atoms with Crippen LogP contribution in [0.2, 0.25) is 0 Å². The lowest BCUT2D eigenvalue weighted by Crippen LogP contribution is -2.47. The van der Waals surface area contributed by atoms with Gasteiger partial charge in [-0.05, 0) is 62.3 Å². The molecule has 0 unspecified atom stereocenters. The molecule has 172 valence electrons. The molecule has 2 saturated heterocycles. The van der Waals surface area contributed by atoms with E-state index in [2.05, 4.69) is 46.2 Å². The van der Waals surface area contributed by atoms with E-state index in [0.717, 1.165) is 69.7 Å². The molecule has 2 amide bonds. The number of aromatic nitrogens is 1. The molecule has 2 bridgehead atoms. The number of hydrogen-bond donors (Lipinski definition) is 0. The van der Waals surface area contributed by atoms with Crippen LogP contribution in [0, 0.1) is 23.7 Å². The molecule has 6 nitrogen and oxygen atoms in total. The van der Waals surface area contributed by atoms with Crippen molar-refractivity contribution >= 4 is 28.5 Å². The number of benzene rings is 1. The third-order valence-corrected chi connectivity index (χ3v) is 8.24. The lowest BCUT2D eigenvalue weighted by Gasteiger charge is -2.38.